The molecular weight excluding hydrogens is 328 g/mol. The zero-order valence-corrected chi connectivity index (χ0v) is 14.4. The molecule has 1 unspecified atom stereocenters. The van der Waals surface area contributed by atoms with Gasteiger partial charge in [-0.25, -0.2) is 0 Å². The molecule has 1 aliphatic heterocycles. The van der Waals surface area contributed by atoms with Gasteiger partial charge in [0, 0.05) is 26.8 Å². The molecule has 7 heteroatoms. The summed E-state index contributed by atoms with van der Waals surface area (Å²) < 4.78 is 1.66. The zero-order valence-electron chi connectivity index (χ0n) is 13.6. The van der Waals surface area contributed by atoms with Crippen molar-refractivity contribution in [2.75, 3.05) is 18.5 Å². The second kappa shape index (κ2) is 6.65. The van der Waals surface area contributed by atoms with E-state index in [4.69, 9.17) is 11.6 Å². The van der Waals surface area contributed by atoms with Crippen molar-refractivity contribution in [1.82, 2.24) is 14.7 Å². The largest absolute Gasteiger partial charge is 0.333 e. The minimum Gasteiger partial charge on any atom is -0.333 e. The monoisotopic (exact) mass is 346 g/mol. The Balaban J connectivity index is 1.70. The smallest absolute Gasteiger partial charge is 0.249 e. The van der Waals surface area contributed by atoms with E-state index < -0.39 is 6.04 Å². The predicted molar refractivity (Wildman–Crippen MR) is 91.9 cm³/mol. The van der Waals surface area contributed by atoms with E-state index >= 15 is 0 Å². The van der Waals surface area contributed by atoms with Crippen LogP contribution in [0.3, 0.4) is 0 Å². The molecule has 0 saturated carbocycles. The van der Waals surface area contributed by atoms with Gasteiger partial charge in [0.1, 0.15) is 6.04 Å². The first-order valence-electron chi connectivity index (χ1n) is 7.77. The summed E-state index contributed by atoms with van der Waals surface area (Å²) in [5.74, 6) is -0.215. The van der Waals surface area contributed by atoms with E-state index in [1.807, 2.05) is 18.2 Å². The molecule has 2 aromatic rings. The first kappa shape index (κ1) is 16.5. The third kappa shape index (κ3) is 3.14. The van der Waals surface area contributed by atoms with Gasteiger partial charge >= 0.3 is 0 Å². The molecule has 0 aliphatic carbocycles. The summed E-state index contributed by atoms with van der Waals surface area (Å²) in [6.45, 7) is 0.550. The number of aryl methyl sites for hydroxylation is 1. The number of amides is 2. The average molecular weight is 347 g/mol. The highest BCUT2D eigenvalue weighted by Crippen LogP contribution is 2.30. The molecule has 1 aromatic carbocycles. The van der Waals surface area contributed by atoms with E-state index in [1.165, 1.54) is 4.90 Å². The Morgan fingerprint density at radius 2 is 2.12 bits per heavy atom. The van der Waals surface area contributed by atoms with Crippen molar-refractivity contribution in [2.24, 2.45) is 7.05 Å². The van der Waals surface area contributed by atoms with E-state index in [9.17, 15) is 9.59 Å². The van der Waals surface area contributed by atoms with Crippen molar-refractivity contribution in [3.63, 3.8) is 0 Å². The molecule has 6 nitrogen and oxygen atoms in total. The number of rotatable bonds is 4. The fourth-order valence-electron chi connectivity index (χ4n) is 2.94. The lowest BCUT2D eigenvalue weighted by molar-refractivity contribution is -0.136. The molecule has 0 radical (unpaired) electrons. The predicted octanol–water partition coefficient (Wildman–Crippen LogP) is 1.88. The number of hydrogen-bond acceptors (Lipinski definition) is 3. The van der Waals surface area contributed by atoms with Crippen LogP contribution in [0.15, 0.2) is 36.5 Å². The molecule has 1 saturated heterocycles. The van der Waals surface area contributed by atoms with Crippen LogP contribution in [0.2, 0.25) is 5.02 Å². The van der Waals surface area contributed by atoms with Crippen LogP contribution in [0.25, 0.3) is 0 Å². The van der Waals surface area contributed by atoms with Crippen molar-refractivity contribution in [2.45, 2.75) is 18.9 Å². The number of carbonyl (C=O) groups is 2. The van der Waals surface area contributed by atoms with E-state index in [0.717, 1.165) is 0 Å². The molecular formula is C17H19ClN4O2. The number of anilines is 1. The minimum atomic E-state index is -0.461. The van der Waals surface area contributed by atoms with Gasteiger partial charge < -0.3 is 9.80 Å². The van der Waals surface area contributed by atoms with E-state index in [2.05, 4.69) is 5.10 Å². The fraction of sp³-hybridized carbons (Fsp3) is 0.353. The molecule has 2 heterocycles. The quantitative estimate of drug-likeness (QED) is 0.849. The first-order valence-corrected chi connectivity index (χ1v) is 8.15. The summed E-state index contributed by atoms with van der Waals surface area (Å²) in [4.78, 5) is 28.3. The molecule has 0 bridgehead atoms. The van der Waals surface area contributed by atoms with Crippen molar-refractivity contribution < 1.29 is 9.59 Å². The SMILES string of the molecule is CN(C(=O)Cc1ccn(C)n1)C1CCN(c2ccccc2Cl)C1=O. The van der Waals surface area contributed by atoms with Gasteiger partial charge in [-0.05, 0) is 24.6 Å². The maximum Gasteiger partial charge on any atom is 0.249 e. The summed E-state index contributed by atoms with van der Waals surface area (Å²) in [6.07, 6.45) is 2.57. The zero-order chi connectivity index (χ0) is 17.3. The molecule has 0 N–H and O–H groups in total. The number of para-hydroxylation sites is 1. The summed E-state index contributed by atoms with van der Waals surface area (Å²) in [5.41, 5.74) is 1.39. The lowest BCUT2D eigenvalue weighted by Crippen LogP contribution is -2.43. The number of aromatic nitrogens is 2. The topological polar surface area (TPSA) is 58.4 Å². The van der Waals surface area contributed by atoms with Crippen LogP contribution < -0.4 is 4.90 Å². The minimum absolute atomic E-state index is 0.0972. The first-order chi connectivity index (χ1) is 11.5. The van der Waals surface area contributed by atoms with Gasteiger partial charge in [0.25, 0.3) is 0 Å². The molecule has 24 heavy (non-hydrogen) atoms. The van der Waals surface area contributed by atoms with Gasteiger partial charge in [-0.15, -0.1) is 0 Å². The molecule has 1 aliphatic rings. The van der Waals surface area contributed by atoms with Crippen LogP contribution in [-0.2, 0) is 23.1 Å². The molecule has 1 fully saturated rings. The van der Waals surface area contributed by atoms with Crippen LogP contribution >= 0.6 is 11.6 Å². The molecule has 2 amide bonds. The standard InChI is InChI=1S/C17H19ClN4O2/c1-20-9-7-12(19-20)11-16(23)21(2)15-8-10-22(17(15)24)14-6-4-3-5-13(14)18/h3-7,9,15H,8,10-11H2,1-2H3. The Morgan fingerprint density at radius 1 is 1.38 bits per heavy atom. The van der Waals surface area contributed by atoms with Crippen LogP contribution in [0.5, 0.6) is 0 Å². The highest BCUT2D eigenvalue weighted by atomic mass is 35.5. The third-order valence-electron chi connectivity index (χ3n) is 4.28. The number of benzene rings is 1. The van der Waals surface area contributed by atoms with Crippen LogP contribution in [0, 0.1) is 0 Å². The Kier molecular flexibility index (Phi) is 4.57. The van der Waals surface area contributed by atoms with Gasteiger partial charge in [0.15, 0.2) is 0 Å². The Labute approximate surface area is 145 Å². The van der Waals surface area contributed by atoms with Crippen LogP contribution in [0.4, 0.5) is 5.69 Å². The van der Waals surface area contributed by atoms with Crippen LogP contribution in [-0.4, -0.2) is 46.1 Å². The highest BCUT2D eigenvalue weighted by molar-refractivity contribution is 6.34. The molecule has 1 atom stereocenters. The second-order valence-corrected chi connectivity index (χ2v) is 6.32. The van der Waals surface area contributed by atoms with Crippen molar-refractivity contribution in [1.29, 1.82) is 0 Å². The maximum absolute atomic E-state index is 12.7. The lowest BCUT2D eigenvalue weighted by atomic mass is 10.2. The summed E-state index contributed by atoms with van der Waals surface area (Å²) >= 11 is 6.18. The highest BCUT2D eigenvalue weighted by Gasteiger charge is 2.37. The number of nitrogens with zero attached hydrogens (tertiary/aromatic N) is 4. The summed E-state index contributed by atoms with van der Waals surface area (Å²) in [5, 5.41) is 4.75. The second-order valence-electron chi connectivity index (χ2n) is 5.91. The number of hydrogen-bond donors (Lipinski definition) is 0. The van der Waals surface area contributed by atoms with Gasteiger partial charge in [-0.3, -0.25) is 14.3 Å². The number of halogens is 1. The van der Waals surface area contributed by atoms with Gasteiger partial charge in [-0.1, -0.05) is 23.7 Å². The Bertz CT molecular complexity index is 773. The molecule has 0 spiro atoms. The van der Waals surface area contributed by atoms with Crippen LogP contribution in [0.1, 0.15) is 12.1 Å². The van der Waals surface area contributed by atoms with E-state index in [1.54, 1.807) is 42.0 Å². The number of carbonyl (C=O) groups excluding carboxylic acids is 2. The number of likely N-dealkylation sites (N-methyl/N-ethyl adjacent to an activating group) is 1. The summed E-state index contributed by atoms with van der Waals surface area (Å²) in [7, 11) is 3.48. The van der Waals surface area contributed by atoms with Crippen molar-refractivity contribution >= 4 is 29.1 Å². The molecule has 1 aromatic heterocycles. The van der Waals surface area contributed by atoms with Crippen molar-refractivity contribution in [3.8, 4) is 0 Å². The molecule has 3 rings (SSSR count). The van der Waals surface area contributed by atoms with Gasteiger partial charge in [-0.2, -0.15) is 5.10 Å². The Morgan fingerprint density at radius 3 is 2.79 bits per heavy atom. The normalized spacial score (nSPS) is 17.4. The van der Waals surface area contributed by atoms with Crippen molar-refractivity contribution in [3.05, 3.63) is 47.2 Å². The van der Waals surface area contributed by atoms with Gasteiger partial charge in [0.2, 0.25) is 11.8 Å². The lowest BCUT2D eigenvalue weighted by Gasteiger charge is -2.24. The molecule has 126 valence electrons. The third-order valence-corrected chi connectivity index (χ3v) is 4.60. The van der Waals surface area contributed by atoms with Gasteiger partial charge in [0.05, 0.1) is 22.8 Å². The van der Waals surface area contributed by atoms with E-state index in [-0.39, 0.29) is 18.2 Å². The summed E-state index contributed by atoms with van der Waals surface area (Å²) in [6, 6.07) is 8.59. The maximum atomic E-state index is 12.7. The van der Waals surface area contributed by atoms with E-state index in [0.29, 0.717) is 29.4 Å². The fourth-order valence-corrected chi connectivity index (χ4v) is 3.18. The Hall–Kier alpha value is -2.34. The average Bonchev–Trinajstić information content (AvgIpc) is 3.13.